The maximum atomic E-state index is 11.7. The summed E-state index contributed by atoms with van der Waals surface area (Å²) >= 11 is 5.81. The van der Waals surface area contributed by atoms with Gasteiger partial charge in [-0.2, -0.15) is 0 Å². The summed E-state index contributed by atoms with van der Waals surface area (Å²) in [7, 11) is 0. The highest BCUT2D eigenvalue weighted by atomic mass is 35.5. The highest BCUT2D eigenvalue weighted by Crippen LogP contribution is 2.33. The number of rotatable bonds is 3. The van der Waals surface area contributed by atoms with Crippen LogP contribution in [0.5, 0.6) is 5.75 Å². The van der Waals surface area contributed by atoms with E-state index in [-0.39, 0.29) is 10.9 Å². The fraction of sp³-hybridized carbons (Fsp3) is 0.231. The highest BCUT2D eigenvalue weighted by molar-refractivity contribution is 6.29. The standard InChI is InChI=1S/C13H13ClN2O3/c1-3-19-13(18)12-7(2)9(5-16-12)8-4-11(14)15-6-10(8)17/h4-6,16-17H,3H2,1-2H3. The molecule has 19 heavy (non-hydrogen) atoms. The summed E-state index contributed by atoms with van der Waals surface area (Å²) in [5.74, 6) is -0.423. The lowest BCUT2D eigenvalue weighted by atomic mass is 10.0. The van der Waals surface area contributed by atoms with Crippen molar-refractivity contribution >= 4 is 17.6 Å². The number of nitrogens with zero attached hydrogens (tertiary/aromatic N) is 1. The zero-order valence-electron chi connectivity index (χ0n) is 10.5. The molecule has 0 atom stereocenters. The topological polar surface area (TPSA) is 75.2 Å². The Hall–Kier alpha value is -2.01. The molecule has 0 fully saturated rings. The number of halogens is 1. The van der Waals surface area contributed by atoms with Crippen molar-refractivity contribution in [2.45, 2.75) is 13.8 Å². The van der Waals surface area contributed by atoms with E-state index < -0.39 is 5.97 Å². The first-order valence-corrected chi connectivity index (χ1v) is 6.12. The molecule has 0 aliphatic carbocycles. The van der Waals surface area contributed by atoms with Crippen LogP contribution in [0, 0.1) is 6.92 Å². The minimum Gasteiger partial charge on any atom is -0.506 e. The number of hydrogen-bond acceptors (Lipinski definition) is 4. The minimum absolute atomic E-state index is 0.00177. The van der Waals surface area contributed by atoms with Gasteiger partial charge in [-0.15, -0.1) is 0 Å². The number of aromatic hydroxyl groups is 1. The van der Waals surface area contributed by atoms with Crippen LogP contribution >= 0.6 is 11.6 Å². The molecule has 2 aromatic heterocycles. The molecule has 0 spiro atoms. The van der Waals surface area contributed by atoms with Crippen LogP contribution in [0.2, 0.25) is 5.15 Å². The Kier molecular flexibility index (Phi) is 3.76. The molecule has 2 aromatic rings. The lowest BCUT2D eigenvalue weighted by molar-refractivity contribution is 0.0519. The van der Waals surface area contributed by atoms with Crippen molar-refractivity contribution in [2.24, 2.45) is 0 Å². The molecule has 2 N–H and O–H groups in total. The van der Waals surface area contributed by atoms with E-state index in [1.165, 1.54) is 6.20 Å². The quantitative estimate of drug-likeness (QED) is 0.669. The molecule has 0 aliphatic rings. The lowest BCUT2D eigenvalue weighted by Crippen LogP contribution is -2.06. The summed E-state index contributed by atoms with van der Waals surface area (Å²) in [4.78, 5) is 18.3. The first-order valence-electron chi connectivity index (χ1n) is 5.74. The van der Waals surface area contributed by atoms with Crippen LogP contribution in [0.1, 0.15) is 23.0 Å². The summed E-state index contributed by atoms with van der Waals surface area (Å²) in [6.45, 7) is 3.82. The van der Waals surface area contributed by atoms with Crippen LogP contribution < -0.4 is 0 Å². The van der Waals surface area contributed by atoms with E-state index in [0.717, 1.165) is 0 Å². The SMILES string of the molecule is CCOC(=O)c1[nH]cc(-c2cc(Cl)ncc2O)c1C. The van der Waals surface area contributed by atoms with Gasteiger partial charge in [-0.25, -0.2) is 9.78 Å². The zero-order chi connectivity index (χ0) is 14.0. The van der Waals surface area contributed by atoms with Crippen LogP contribution in [-0.4, -0.2) is 27.7 Å². The van der Waals surface area contributed by atoms with Gasteiger partial charge in [-0.1, -0.05) is 11.6 Å². The van der Waals surface area contributed by atoms with E-state index in [2.05, 4.69) is 9.97 Å². The smallest absolute Gasteiger partial charge is 0.355 e. The van der Waals surface area contributed by atoms with Gasteiger partial charge in [0, 0.05) is 17.3 Å². The second-order valence-electron chi connectivity index (χ2n) is 3.95. The number of aromatic amines is 1. The summed E-state index contributed by atoms with van der Waals surface area (Å²) in [6, 6.07) is 1.54. The largest absolute Gasteiger partial charge is 0.506 e. The molecule has 0 aliphatic heterocycles. The molecular formula is C13H13ClN2O3. The van der Waals surface area contributed by atoms with Crippen LogP contribution in [0.15, 0.2) is 18.5 Å². The maximum Gasteiger partial charge on any atom is 0.355 e. The van der Waals surface area contributed by atoms with Crippen LogP contribution in [0.3, 0.4) is 0 Å². The summed E-state index contributed by atoms with van der Waals surface area (Å²) in [5.41, 5.74) is 2.26. The van der Waals surface area contributed by atoms with Gasteiger partial charge in [-0.3, -0.25) is 0 Å². The maximum absolute atomic E-state index is 11.7. The first kappa shape index (κ1) is 13.4. The fourth-order valence-corrected chi connectivity index (χ4v) is 1.99. The van der Waals surface area contributed by atoms with Crippen LogP contribution in [-0.2, 0) is 4.74 Å². The lowest BCUT2D eigenvalue weighted by Gasteiger charge is -2.05. The third-order valence-corrected chi connectivity index (χ3v) is 2.97. The Bertz CT molecular complexity index is 622. The average Bonchev–Trinajstić information content (AvgIpc) is 2.74. The van der Waals surface area contributed by atoms with E-state index in [9.17, 15) is 9.90 Å². The van der Waals surface area contributed by atoms with Gasteiger partial charge in [-0.05, 0) is 25.5 Å². The monoisotopic (exact) mass is 280 g/mol. The Morgan fingerprint density at radius 1 is 1.53 bits per heavy atom. The highest BCUT2D eigenvalue weighted by Gasteiger charge is 2.18. The van der Waals surface area contributed by atoms with Gasteiger partial charge in [0.15, 0.2) is 0 Å². The molecule has 6 heteroatoms. The summed E-state index contributed by atoms with van der Waals surface area (Å²) < 4.78 is 4.94. The van der Waals surface area contributed by atoms with Crippen molar-refractivity contribution in [3.05, 3.63) is 34.9 Å². The molecule has 100 valence electrons. The Balaban J connectivity index is 2.47. The minimum atomic E-state index is -0.425. The van der Waals surface area contributed by atoms with Crippen molar-refractivity contribution in [3.8, 4) is 16.9 Å². The molecular weight excluding hydrogens is 268 g/mol. The van der Waals surface area contributed by atoms with Gasteiger partial charge in [0.25, 0.3) is 0 Å². The number of hydrogen-bond donors (Lipinski definition) is 2. The third-order valence-electron chi connectivity index (χ3n) is 2.76. The molecule has 2 heterocycles. The summed E-state index contributed by atoms with van der Waals surface area (Å²) in [6.07, 6.45) is 2.90. The number of aromatic nitrogens is 2. The van der Waals surface area contributed by atoms with Crippen molar-refractivity contribution in [1.29, 1.82) is 0 Å². The number of esters is 1. The number of carbonyl (C=O) groups excluding carboxylic acids is 1. The second-order valence-corrected chi connectivity index (χ2v) is 4.33. The number of H-pyrrole nitrogens is 1. The predicted molar refractivity (Wildman–Crippen MR) is 71.4 cm³/mol. The van der Waals surface area contributed by atoms with Crippen molar-refractivity contribution in [1.82, 2.24) is 9.97 Å². The zero-order valence-corrected chi connectivity index (χ0v) is 11.3. The van der Waals surface area contributed by atoms with Gasteiger partial charge in [0.1, 0.15) is 16.6 Å². The van der Waals surface area contributed by atoms with Gasteiger partial charge >= 0.3 is 5.97 Å². The van der Waals surface area contributed by atoms with Crippen molar-refractivity contribution in [2.75, 3.05) is 6.61 Å². The van der Waals surface area contributed by atoms with Crippen LogP contribution in [0.25, 0.3) is 11.1 Å². The van der Waals surface area contributed by atoms with E-state index in [1.54, 1.807) is 26.1 Å². The molecule has 0 saturated carbocycles. The van der Waals surface area contributed by atoms with Gasteiger partial charge < -0.3 is 14.8 Å². The first-order chi connectivity index (χ1) is 9.04. The Morgan fingerprint density at radius 3 is 2.95 bits per heavy atom. The Labute approximate surface area is 115 Å². The Morgan fingerprint density at radius 2 is 2.26 bits per heavy atom. The van der Waals surface area contributed by atoms with Gasteiger partial charge in [0.05, 0.1) is 12.8 Å². The number of carbonyl (C=O) groups is 1. The van der Waals surface area contributed by atoms with Crippen molar-refractivity contribution in [3.63, 3.8) is 0 Å². The molecule has 0 saturated heterocycles. The molecule has 5 nitrogen and oxygen atoms in total. The second kappa shape index (κ2) is 5.32. The normalized spacial score (nSPS) is 10.5. The molecule has 2 rings (SSSR count). The molecule has 0 radical (unpaired) electrons. The molecule has 0 amide bonds. The molecule has 0 bridgehead atoms. The van der Waals surface area contributed by atoms with Gasteiger partial charge in [0.2, 0.25) is 0 Å². The number of ether oxygens (including phenoxy) is 1. The third kappa shape index (κ3) is 2.56. The van der Waals surface area contributed by atoms with Crippen LogP contribution in [0.4, 0.5) is 0 Å². The van der Waals surface area contributed by atoms with E-state index in [0.29, 0.717) is 29.0 Å². The predicted octanol–water partition coefficient (Wildman–Crippen LogP) is 2.92. The fourth-order valence-electron chi connectivity index (χ4n) is 1.83. The van der Waals surface area contributed by atoms with Crippen molar-refractivity contribution < 1.29 is 14.6 Å². The molecule has 0 aromatic carbocycles. The molecule has 0 unspecified atom stereocenters. The number of pyridine rings is 1. The van der Waals surface area contributed by atoms with E-state index in [4.69, 9.17) is 16.3 Å². The number of nitrogens with one attached hydrogen (secondary N) is 1. The van der Waals surface area contributed by atoms with E-state index >= 15 is 0 Å². The average molecular weight is 281 g/mol. The van der Waals surface area contributed by atoms with E-state index in [1.807, 2.05) is 0 Å². The summed E-state index contributed by atoms with van der Waals surface area (Å²) in [5, 5.41) is 10.1.